The summed E-state index contributed by atoms with van der Waals surface area (Å²) >= 11 is 6.14. The topological polar surface area (TPSA) is 48.9 Å². The average molecular weight is 265 g/mol. The molecule has 2 aromatic rings. The highest BCUT2D eigenvalue weighted by molar-refractivity contribution is 6.33. The Morgan fingerprint density at radius 1 is 1.28 bits per heavy atom. The Kier molecular flexibility index (Phi) is 3.73. The molecule has 1 unspecified atom stereocenters. The minimum atomic E-state index is -0.558. The summed E-state index contributed by atoms with van der Waals surface area (Å²) in [6, 6.07) is 7.53. The molecule has 0 spiro atoms. The highest BCUT2D eigenvalue weighted by Crippen LogP contribution is 2.29. The van der Waals surface area contributed by atoms with Gasteiger partial charge in [0.15, 0.2) is 0 Å². The normalized spacial score (nSPS) is 13.0. The Labute approximate surface area is 112 Å². The SMILES string of the molecule is Cc1[nH]c(-c2ccccc2Cl)nc1C(O)C(C)C. The van der Waals surface area contributed by atoms with E-state index in [1.165, 1.54) is 0 Å². The third-order valence-corrected chi connectivity index (χ3v) is 3.29. The van der Waals surface area contributed by atoms with Gasteiger partial charge in [-0.3, -0.25) is 0 Å². The predicted octanol–water partition coefficient (Wildman–Crippen LogP) is 3.73. The van der Waals surface area contributed by atoms with E-state index in [4.69, 9.17) is 11.6 Å². The molecule has 1 atom stereocenters. The van der Waals surface area contributed by atoms with Gasteiger partial charge in [0, 0.05) is 11.3 Å². The van der Waals surface area contributed by atoms with E-state index in [9.17, 15) is 5.11 Å². The molecule has 0 saturated carbocycles. The van der Waals surface area contributed by atoms with E-state index in [-0.39, 0.29) is 5.92 Å². The van der Waals surface area contributed by atoms with Crippen molar-refractivity contribution >= 4 is 11.6 Å². The second-order valence-corrected chi connectivity index (χ2v) is 5.17. The molecule has 0 radical (unpaired) electrons. The van der Waals surface area contributed by atoms with Crippen molar-refractivity contribution in [2.75, 3.05) is 0 Å². The molecule has 1 aromatic heterocycles. The van der Waals surface area contributed by atoms with Crippen LogP contribution in [0.5, 0.6) is 0 Å². The maximum atomic E-state index is 10.1. The highest BCUT2D eigenvalue weighted by Gasteiger charge is 2.19. The monoisotopic (exact) mass is 264 g/mol. The molecule has 3 nitrogen and oxygen atoms in total. The molecule has 0 amide bonds. The second kappa shape index (κ2) is 5.12. The Morgan fingerprint density at radius 2 is 1.94 bits per heavy atom. The molecule has 1 aromatic carbocycles. The number of aryl methyl sites for hydroxylation is 1. The van der Waals surface area contributed by atoms with E-state index < -0.39 is 6.10 Å². The summed E-state index contributed by atoms with van der Waals surface area (Å²) in [5.74, 6) is 0.832. The number of halogens is 1. The molecule has 0 aliphatic heterocycles. The van der Waals surface area contributed by atoms with Crippen LogP contribution in [0.1, 0.15) is 31.3 Å². The van der Waals surface area contributed by atoms with Gasteiger partial charge in [-0.2, -0.15) is 0 Å². The van der Waals surface area contributed by atoms with Crippen molar-refractivity contribution in [2.24, 2.45) is 5.92 Å². The molecule has 2 N–H and O–H groups in total. The molecular weight excluding hydrogens is 248 g/mol. The summed E-state index contributed by atoms with van der Waals surface area (Å²) in [6.07, 6.45) is -0.558. The van der Waals surface area contributed by atoms with Crippen LogP contribution < -0.4 is 0 Å². The number of nitrogens with zero attached hydrogens (tertiary/aromatic N) is 1. The fourth-order valence-electron chi connectivity index (χ4n) is 1.86. The number of hydrogen-bond acceptors (Lipinski definition) is 2. The van der Waals surface area contributed by atoms with Gasteiger partial charge in [-0.1, -0.05) is 37.6 Å². The Bertz CT molecular complexity index is 548. The first-order chi connectivity index (χ1) is 8.50. The Hall–Kier alpha value is -1.32. The summed E-state index contributed by atoms with van der Waals surface area (Å²) in [6.45, 7) is 5.84. The summed E-state index contributed by atoms with van der Waals surface area (Å²) in [4.78, 5) is 7.65. The first-order valence-electron chi connectivity index (χ1n) is 6.00. The summed E-state index contributed by atoms with van der Waals surface area (Å²) in [5.41, 5.74) is 2.43. The third-order valence-electron chi connectivity index (χ3n) is 2.96. The zero-order chi connectivity index (χ0) is 13.3. The molecule has 4 heteroatoms. The number of aromatic amines is 1. The number of imidazole rings is 1. The van der Waals surface area contributed by atoms with Gasteiger partial charge in [0.25, 0.3) is 0 Å². The van der Waals surface area contributed by atoms with Crippen molar-refractivity contribution in [3.63, 3.8) is 0 Å². The first-order valence-corrected chi connectivity index (χ1v) is 6.38. The fraction of sp³-hybridized carbons (Fsp3) is 0.357. The highest BCUT2D eigenvalue weighted by atomic mass is 35.5. The number of aromatic nitrogens is 2. The van der Waals surface area contributed by atoms with Crippen molar-refractivity contribution < 1.29 is 5.11 Å². The number of rotatable bonds is 3. The Morgan fingerprint density at radius 3 is 2.56 bits per heavy atom. The second-order valence-electron chi connectivity index (χ2n) is 4.76. The number of benzene rings is 1. The molecule has 18 heavy (non-hydrogen) atoms. The molecule has 2 rings (SSSR count). The molecular formula is C14H17ClN2O. The lowest BCUT2D eigenvalue weighted by Gasteiger charge is -2.12. The summed E-state index contributed by atoms with van der Waals surface area (Å²) < 4.78 is 0. The van der Waals surface area contributed by atoms with Gasteiger partial charge in [0.1, 0.15) is 11.9 Å². The van der Waals surface area contributed by atoms with Gasteiger partial charge in [-0.15, -0.1) is 0 Å². The van der Waals surface area contributed by atoms with Gasteiger partial charge < -0.3 is 10.1 Å². The van der Waals surface area contributed by atoms with Crippen LogP contribution >= 0.6 is 11.6 Å². The van der Waals surface area contributed by atoms with Crippen LogP contribution in [-0.2, 0) is 0 Å². The van der Waals surface area contributed by atoms with E-state index in [1.54, 1.807) is 0 Å². The maximum absolute atomic E-state index is 10.1. The van der Waals surface area contributed by atoms with Crippen molar-refractivity contribution in [1.82, 2.24) is 9.97 Å². The number of aliphatic hydroxyl groups is 1. The molecule has 0 fully saturated rings. The van der Waals surface area contributed by atoms with Gasteiger partial charge in [-0.25, -0.2) is 4.98 Å². The van der Waals surface area contributed by atoms with Gasteiger partial charge in [0.05, 0.1) is 10.7 Å². The van der Waals surface area contributed by atoms with Crippen LogP contribution in [0.4, 0.5) is 0 Å². The van der Waals surface area contributed by atoms with Crippen molar-refractivity contribution in [2.45, 2.75) is 26.9 Å². The summed E-state index contributed by atoms with van der Waals surface area (Å²) in [5, 5.41) is 10.7. The average Bonchev–Trinajstić information content (AvgIpc) is 2.70. The van der Waals surface area contributed by atoms with Crippen molar-refractivity contribution in [1.29, 1.82) is 0 Å². The smallest absolute Gasteiger partial charge is 0.139 e. The van der Waals surface area contributed by atoms with Crippen LogP contribution in [-0.4, -0.2) is 15.1 Å². The Balaban J connectivity index is 2.44. The lowest BCUT2D eigenvalue weighted by atomic mass is 10.0. The van der Waals surface area contributed by atoms with Gasteiger partial charge >= 0.3 is 0 Å². The quantitative estimate of drug-likeness (QED) is 0.887. The standard InChI is InChI=1S/C14H17ClN2O/c1-8(2)13(18)12-9(3)16-14(17-12)10-6-4-5-7-11(10)15/h4-8,13,18H,1-3H3,(H,16,17). The maximum Gasteiger partial charge on any atom is 0.139 e. The van der Waals surface area contributed by atoms with Crippen molar-refractivity contribution in [3.8, 4) is 11.4 Å². The lowest BCUT2D eigenvalue weighted by molar-refractivity contribution is 0.122. The van der Waals surface area contributed by atoms with Crippen LogP contribution in [0.25, 0.3) is 11.4 Å². The molecule has 0 aliphatic carbocycles. The van der Waals surface area contributed by atoms with E-state index in [2.05, 4.69) is 9.97 Å². The number of hydrogen-bond donors (Lipinski definition) is 2. The van der Waals surface area contributed by atoms with E-state index in [0.717, 1.165) is 11.3 Å². The third kappa shape index (κ3) is 2.42. The number of aliphatic hydroxyl groups excluding tert-OH is 1. The van der Waals surface area contributed by atoms with E-state index in [0.29, 0.717) is 16.5 Å². The largest absolute Gasteiger partial charge is 0.386 e. The van der Waals surface area contributed by atoms with Crippen LogP contribution in [0, 0.1) is 12.8 Å². The molecule has 0 saturated heterocycles. The molecule has 0 aliphatic rings. The van der Waals surface area contributed by atoms with Crippen LogP contribution in [0.3, 0.4) is 0 Å². The zero-order valence-electron chi connectivity index (χ0n) is 10.7. The molecule has 0 bridgehead atoms. The van der Waals surface area contributed by atoms with Crippen LogP contribution in [0.15, 0.2) is 24.3 Å². The van der Waals surface area contributed by atoms with Gasteiger partial charge in [0.2, 0.25) is 0 Å². The van der Waals surface area contributed by atoms with Gasteiger partial charge in [-0.05, 0) is 25.0 Å². The van der Waals surface area contributed by atoms with E-state index >= 15 is 0 Å². The predicted molar refractivity (Wildman–Crippen MR) is 73.6 cm³/mol. The van der Waals surface area contributed by atoms with Crippen LogP contribution in [0.2, 0.25) is 5.02 Å². The number of H-pyrrole nitrogens is 1. The summed E-state index contributed by atoms with van der Waals surface area (Å²) in [7, 11) is 0. The molecule has 1 heterocycles. The first kappa shape index (κ1) is 13.1. The lowest BCUT2D eigenvalue weighted by Crippen LogP contribution is -2.07. The minimum Gasteiger partial charge on any atom is -0.386 e. The zero-order valence-corrected chi connectivity index (χ0v) is 11.5. The van der Waals surface area contributed by atoms with Crippen molar-refractivity contribution in [3.05, 3.63) is 40.7 Å². The van der Waals surface area contributed by atoms with E-state index in [1.807, 2.05) is 45.0 Å². The number of nitrogens with one attached hydrogen (secondary N) is 1. The molecule has 96 valence electrons. The minimum absolute atomic E-state index is 0.131. The fourth-order valence-corrected chi connectivity index (χ4v) is 2.08.